The molecule has 0 nitrogen and oxygen atoms in total. The maximum absolute atomic E-state index is 2.38. The summed E-state index contributed by atoms with van der Waals surface area (Å²) in [7, 11) is 0. The van der Waals surface area contributed by atoms with Crippen LogP contribution in [0.2, 0.25) is 0 Å². The molecule has 3 unspecified atom stereocenters. The Morgan fingerprint density at radius 1 is 1.06 bits per heavy atom. The highest BCUT2D eigenvalue weighted by molar-refractivity contribution is 7.10. The van der Waals surface area contributed by atoms with Crippen molar-refractivity contribution in [3.8, 4) is 0 Å². The summed E-state index contributed by atoms with van der Waals surface area (Å²) >= 11 is 3.81. The predicted octanol–water partition coefficient (Wildman–Crippen LogP) is 5.27. The smallest absolute Gasteiger partial charge is 0.00884 e. The molecule has 0 saturated heterocycles. The van der Waals surface area contributed by atoms with Gasteiger partial charge in [0.05, 0.1) is 0 Å². The Morgan fingerprint density at radius 3 is 2.41 bits per heavy atom. The normalized spacial score (nSPS) is 28.4. The average molecular weight is 260 g/mol. The fourth-order valence-electron chi connectivity index (χ4n) is 2.81. The van der Waals surface area contributed by atoms with E-state index in [1.807, 2.05) is 22.7 Å². The summed E-state index contributed by atoms with van der Waals surface area (Å²) in [5.41, 5.74) is 0. The van der Waals surface area contributed by atoms with Gasteiger partial charge in [0.25, 0.3) is 0 Å². The molecule has 1 aliphatic carbocycles. The van der Waals surface area contributed by atoms with Crippen LogP contribution in [0, 0.1) is 5.92 Å². The molecule has 2 aromatic rings. The van der Waals surface area contributed by atoms with Gasteiger partial charge in [-0.1, -0.05) is 31.2 Å². The van der Waals surface area contributed by atoms with Crippen molar-refractivity contribution in [2.75, 3.05) is 0 Å². The van der Waals surface area contributed by atoms with E-state index in [-0.39, 0.29) is 0 Å². The summed E-state index contributed by atoms with van der Waals surface area (Å²) in [6.45, 7) is 2.35. The second kappa shape index (κ2) is 4.79. The van der Waals surface area contributed by atoms with Crippen LogP contribution in [0.25, 0.3) is 0 Å². The van der Waals surface area contributed by atoms with Crippen LogP contribution in [0.3, 0.4) is 0 Å². The van der Waals surface area contributed by atoms with E-state index in [2.05, 4.69) is 54.1 Å². The molecular formula is C15H16S2. The Kier molecular flexibility index (Phi) is 3.17. The molecule has 17 heavy (non-hydrogen) atoms. The Hall–Kier alpha value is -0.860. The van der Waals surface area contributed by atoms with E-state index in [0.29, 0.717) is 17.8 Å². The minimum Gasteiger partial charge on any atom is -0.149 e. The summed E-state index contributed by atoms with van der Waals surface area (Å²) in [6.07, 6.45) is 5.93. The van der Waals surface area contributed by atoms with Gasteiger partial charge in [0, 0.05) is 21.6 Å². The monoisotopic (exact) mass is 260 g/mol. The lowest BCUT2D eigenvalue weighted by molar-refractivity contribution is 0.442. The second-order valence-electron chi connectivity index (χ2n) is 4.69. The topological polar surface area (TPSA) is 0 Å². The Morgan fingerprint density at radius 2 is 1.76 bits per heavy atom. The van der Waals surface area contributed by atoms with E-state index in [1.54, 1.807) is 9.75 Å². The number of allylic oxidation sites excluding steroid dienone is 2. The number of thiophene rings is 2. The van der Waals surface area contributed by atoms with E-state index in [1.165, 1.54) is 6.42 Å². The number of hydrogen-bond acceptors (Lipinski definition) is 2. The zero-order valence-electron chi connectivity index (χ0n) is 9.87. The van der Waals surface area contributed by atoms with Gasteiger partial charge in [-0.25, -0.2) is 0 Å². The van der Waals surface area contributed by atoms with Gasteiger partial charge in [0.1, 0.15) is 0 Å². The lowest BCUT2D eigenvalue weighted by atomic mass is 9.75. The van der Waals surface area contributed by atoms with Gasteiger partial charge in [-0.2, -0.15) is 0 Å². The molecule has 2 heterocycles. The van der Waals surface area contributed by atoms with Crippen LogP contribution in [0.1, 0.15) is 34.9 Å². The van der Waals surface area contributed by atoms with Crippen molar-refractivity contribution in [1.82, 2.24) is 0 Å². The molecule has 0 amide bonds. The third-order valence-corrected chi connectivity index (χ3v) is 5.59. The highest BCUT2D eigenvalue weighted by Gasteiger charge is 2.31. The van der Waals surface area contributed by atoms with Gasteiger partial charge < -0.3 is 0 Å². The van der Waals surface area contributed by atoms with Gasteiger partial charge in [0.2, 0.25) is 0 Å². The van der Waals surface area contributed by atoms with Gasteiger partial charge in [-0.05, 0) is 35.2 Å². The molecular weight excluding hydrogens is 244 g/mol. The van der Waals surface area contributed by atoms with Gasteiger partial charge >= 0.3 is 0 Å². The highest BCUT2D eigenvalue weighted by atomic mass is 32.1. The lowest BCUT2D eigenvalue weighted by Gasteiger charge is -2.32. The number of rotatable bonds is 2. The van der Waals surface area contributed by atoms with E-state index in [0.717, 1.165) is 0 Å². The molecule has 1 aliphatic rings. The summed E-state index contributed by atoms with van der Waals surface area (Å²) < 4.78 is 0. The average Bonchev–Trinajstić information content (AvgIpc) is 3.02. The summed E-state index contributed by atoms with van der Waals surface area (Å²) in [5.74, 6) is 1.99. The molecule has 2 aromatic heterocycles. The first-order valence-corrected chi connectivity index (χ1v) is 7.85. The third-order valence-electron chi connectivity index (χ3n) is 3.61. The third kappa shape index (κ3) is 2.12. The van der Waals surface area contributed by atoms with Crippen molar-refractivity contribution in [3.05, 3.63) is 56.9 Å². The fraction of sp³-hybridized carbons (Fsp3) is 0.333. The van der Waals surface area contributed by atoms with Gasteiger partial charge in [0.15, 0.2) is 0 Å². The van der Waals surface area contributed by atoms with Crippen molar-refractivity contribution in [1.29, 1.82) is 0 Å². The minimum atomic E-state index is 0.648. The minimum absolute atomic E-state index is 0.648. The Labute approximate surface area is 111 Å². The quantitative estimate of drug-likeness (QED) is 0.645. The van der Waals surface area contributed by atoms with E-state index >= 15 is 0 Å². The van der Waals surface area contributed by atoms with Crippen molar-refractivity contribution in [3.63, 3.8) is 0 Å². The first-order chi connectivity index (χ1) is 8.36. The molecule has 0 aromatic carbocycles. The maximum Gasteiger partial charge on any atom is 0.00884 e. The molecule has 0 saturated carbocycles. The summed E-state index contributed by atoms with van der Waals surface area (Å²) in [5, 5.41) is 4.40. The van der Waals surface area contributed by atoms with Crippen molar-refractivity contribution < 1.29 is 0 Å². The summed E-state index contributed by atoms with van der Waals surface area (Å²) in [6, 6.07) is 8.94. The summed E-state index contributed by atoms with van der Waals surface area (Å²) in [4.78, 5) is 3.08. The fourth-order valence-corrected chi connectivity index (χ4v) is 4.70. The largest absolute Gasteiger partial charge is 0.149 e. The van der Waals surface area contributed by atoms with Crippen LogP contribution >= 0.6 is 22.7 Å². The lowest BCUT2D eigenvalue weighted by Crippen LogP contribution is -2.18. The Bertz CT molecular complexity index is 479. The van der Waals surface area contributed by atoms with Crippen LogP contribution < -0.4 is 0 Å². The molecule has 0 aliphatic heterocycles. The first-order valence-electron chi connectivity index (χ1n) is 6.09. The SMILES string of the molecule is CC1C=CCC(c2cccs2)C1c1cccs1. The first kappa shape index (κ1) is 11.2. The molecule has 3 rings (SSSR count). The second-order valence-corrected chi connectivity index (χ2v) is 6.64. The van der Waals surface area contributed by atoms with Crippen molar-refractivity contribution in [2.45, 2.75) is 25.2 Å². The van der Waals surface area contributed by atoms with Crippen LogP contribution in [0.4, 0.5) is 0 Å². The Balaban J connectivity index is 1.99. The van der Waals surface area contributed by atoms with Crippen LogP contribution in [-0.4, -0.2) is 0 Å². The van der Waals surface area contributed by atoms with Crippen molar-refractivity contribution in [2.24, 2.45) is 5.92 Å². The molecule has 88 valence electrons. The molecule has 0 radical (unpaired) electrons. The molecule has 0 fully saturated rings. The van der Waals surface area contributed by atoms with Crippen molar-refractivity contribution >= 4 is 22.7 Å². The van der Waals surface area contributed by atoms with E-state index in [9.17, 15) is 0 Å². The van der Waals surface area contributed by atoms with Crippen LogP contribution in [0.15, 0.2) is 47.2 Å². The molecule has 0 spiro atoms. The molecule has 0 N–H and O–H groups in total. The zero-order chi connectivity index (χ0) is 11.7. The highest BCUT2D eigenvalue weighted by Crippen LogP contribution is 2.46. The maximum atomic E-state index is 2.38. The van der Waals surface area contributed by atoms with E-state index < -0.39 is 0 Å². The van der Waals surface area contributed by atoms with Gasteiger partial charge in [-0.3, -0.25) is 0 Å². The molecule has 2 heteroatoms. The zero-order valence-corrected chi connectivity index (χ0v) is 11.5. The number of hydrogen-bond donors (Lipinski definition) is 0. The standard InChI is InChI=1S/C15H16S2/c1-11-5-2-6-12(13-7-3-9-16-13)15(11)14-8-4-10-17-14/h2-5,7-12,15H,6H2,1H3. The van der Waals surface area contributed by atoms with Gasteiger partial charge in [-0.15, -0.1) is 22.7 Å². The molecule has 3 atom stereocenters. The van der Waals surface area contributed by atoms with Crippen LogP contribution in [-0.2, 0) is 0 Å². The molecule has 0 bridgehead atoms. The van der Waals surface area contributed by atoms with E-state index in [4.69, 9.17) is 0 Å². The predicted molar refractivity (Wildman–Crippen MR) is 77.0 cm³/mol. The van der Waals surface area contributed by atoms with Crippen LogP contribution in [0.5, 0.6) is 0 Å².